The van der Waals surface area contributed by atoms with Crippen molar-refractivity contribution in [3.05, 3.63) is 35.8 Å². The number of aromatic amines is 1. The molecule has 9 heteroatoms. The molecule has 2 heterocycles. The summed E-state index contributed by atoms with van der Waals surface area (Å²) in [5, 5.41) is 15.0. The van der Waals surface area contributed by atoms with E-state index in [1.54, 1.807) is 6.07 Å². The highest BCUT2D eigenvalue weighted by molar-refractivity contribution is 7.89. The quantitative estimate of drug-likeness (QED) is 0.704. The maximum absolute atomic E-state index is 12.0. The van der Waals surface area contributed by atoms with Crippen LogP contribution in [0.2, 0.25) is 0 Å². The lowest BCUT2D eigenvalue weighted by atomic mass is 10.3. The van der Waals surface area contributed by atoms with Gasteiger partial charge in [-0.3, -0.25) is 5.10 Å². The summed E-state index contributed by atoms with van der Waals surface area (Å²) in [6, 6.07) is 4.49. The van der Waals surface area contributed by atoms with E-state index in [1.807, 2.05) is 0 Å². The van der Waals surface area contributed by atoms with Gasteiger partial charge in [-0.05, 0) is 12.1 Å². The zero-order valence-corrected chi connectivity index (χ0v) is 10.5. The van der Waals surface area contributed by atoms with Crippen LogP contribution in [0.5, 0.6) is 0 Å². The topological polar surface area (TPSA) is 138 Å². The maximum atomic E-state index is 12.0. The molecule has 0 amide bonds. The van der Waals surface area contributed by atoms with Crippen molar-refractivity contribution in [2.45, 2.75) is 11.4 Å². The SMILES string of the molecule is N#Cc1ncccc1S(=O)(=O)NCc1cn[nH]c1N. The number of nitriles is 1. The lowest BCUT2D eigenvalue weighted by Gasteiger charge is -2.06. The zero-order valence-electron chi connectivity index (χ0n) is 9.66. The molecule has 2 aromatic heterocycles. The third-order valence-electron chi connectivity index (χ3n) is 2.37. The Morgan fingerprint density at radius 1 is 1.53 bits per heavy atom. The van der Waals surface area contributed by atoms with Gasteiger partial charge in [0.1, 0.15) is 16.8 Å². The van der Waals surface area contributed by atoms with E-state index < -0.39 is 10.0 Å². The van der Waals surface area contributed by atoms with E-state index in [-0.39, 0.29) is 23.0 Å². The first-order valence-electron chi connectivity index (χ1n) is 5.17. The highest BCUT2D eigenvalue weighted by atomic mass is 32.2. The second-order valence-electron chi connectivity index (χ2n) is 3.60. The minimum Gasteiger partial charge on any atom is -0.384 e. The maximum Gasteiger partial charge on any atom is 0.243 e. The van der Waals surface area contributed by atoms with Crippen molar-refractivity contribution >= 4 is 15.8 Å². The average molecular weight is 278 g/mol. The number of nitrogens with zero attached hydrogens (tertiary/aromatic N) is 3. The van der Waals surface area contributed by atoms with Crippen molar-refractivity contribution in [3.8, 4) is 6.07 Å². The fraction of sp³-hybridized carbons (Fsp3) is 0.100. The Labute approximate surface area is 109 Å². The highest BCUT2D eigenvalue weighted by Gasteiger charge is 2.19. The number of aromatic nitrogens is 3. The smallest absolute Gasteiger partial charge is 0.243 e. The molecule has 0 atom stereocenters. The highest BCUT2D eigenvalue weighted by Crippen LogP contribution is 2.13. The molecule has 0 aliphatic carbocycles. The van der Waals surface area contributed by atoms with E-state index in [0.717, 1.165) is 0 Å². The van der Waals surface area contributed by atoms with Gasteiger partial charge in [0, 0.05) is 18.3 Å². The van der Waals surface area contributed by atoms with Gasteiger partial charge in [0.05, 0.1) is 6.20 Å². The van der Waals surface area contributed by atoms with Crippen LogP contribution >= 0.6 is 0 Å². The largest absolute Gasteiger partial charge is 0.384 e. The number of sulfonamides is 1. The lowest BCUT2D eigenvalue weighted by molar-refractivity contribution is 0.580. The predicted molar refractivity (Wildman–Crippen MR) is 66.0 cm³/mol. The van der Waals surface area contributed by atoms with Gasteiger partial charge < -0.3 is 5.73 Å². The normalized spacial score (nSPS) is 11.1. The van der Waals surface area contributed by atoms with E-state index in [4.69, 9.17) is 11.0 Å². The minimum atomic E-state index is -3.83. The Hall–Kier alpha value is -2.44. The van der Waals surface area contributed by atoms with E-state index >= 15 is 0 Å². The average Bonchev–Trinajstić information content (AvgIpc) is 2.82. The van der Waals surface area contributed by atoms with Gasteiger partial charge in [0.2, 0.25) is 10.0 Å². The van der Waals surface area contributed by atoms with Crippen LogP contribution in [0.1, 0.15) is 11.3 Å². The number of H-pyrrole nitrogens is 1. The molecule has 0 fully saturated rings. The number of rotatable bonds is 4. The fourth-order valence-corrected chi connectivity index (χ4v) is 2.52. The molecule has 8 nitrogen and oxygen atoms in total. The molecule has 0 bridgehead atoms. The number of pyridine rings is 1. The Morgan fingerprint density at radius 3 is 2.95 bits per heavy atom. The predicted octanol–water partition coefficient (Wildman–Crippen LogP) is -0.263. The van der Waals surface area contributed by atoms with Crippen molar-refractivity contribution in [3.63, 3.8) is 0 Å². The van der Waals surface area contributed by atoms with Crippen LogP contribution in [0, 0.1) is 11.3 Å². The minimum absolute atomic E-state index is 0.0234. The van der Waals surface area contributed by atoms with Crippen LogP contribution < -0.4 is 10.5 Å². The first kappa shape index (κ1) is 13.0. The molecule has 19 heavy (non-hydrogen) atoms. The van der Waals surface area contributed by atoms with E-state index in [2.05, 4.69) is 19.9 Å². The van der Waals surface area contributed by atoms with Crippen molar-refractivity contribution < 1.29 is 8.42 Å². The van der Waals surface area contributed by atoms with Crippen molar-refractivity contribution in [2.75, 3.05) is 5.73 Å². The number of hydrogen-bond donors (Lipinski definition) is 3. The molecule has 0 aromatic carbocycles. The van der Waals surface area contributed by atoms with Gasteiger partial charge in [-0.2, -0.15) is 10.4 Å². The molecule has 0 saturated carbocycles. The molecular weight excluding hydrogens is 268 g/mol. The standard InChI is InChI=1S/C10H10N6O2S/c11-4-8-9(2-1-3-13-8)19(17,18)15-6-7-5-14-16-10(7)12/h1-3,5,15H,6H2,(H3,12,14,16). The molecule has 0 radical (unpaired) electrons. The van der Waals surface area contributed by atoms with Gasteiger partial charge in [-0.15, -0.1) is 0 Å². The van der Waals surface area contributed by atoms with E-state index in [1.165, 1.54) is 24.5 Å². The Morgan fingerprint density at radius 2 is 2.32 bits per heavy atom. The van der Waals surface area contributed by atoms with Gasteiger partial charge in [0.25, 0.3) is 0 Å². The third kappa shape index (κ3) is 2.70. The number of hydrogen-bond acceptors (Lipinski definition) is 6. The second kappa shape index (κ2) is 5.05. The Kier molecular flexibility index (Phi) is 3.46. The van der Waals surface area contributed by atoms with Gasteiger partial charge in [-0.25, -0.2) is 18.1 Å². The summed E-state index contributed by atoms with van der Waals surface area (Å²) in [6.45, 7) is -0.0234. The number of nitrogens with one attached hydrogen (secondary N) is 2. The van der Waals surface area contributed by atoms with Crippen molar-refractivity contribution in [1.82, 2.24) is 19.9 Å². The first-order chi connectivity index (χ1) is 9.04. The van der Waals surface area contributed by atoms with Crippen LogP contribution in [0.15, 0.2) is 29.4 Å². The molecule has 0 aliphatic rings. The summed E-state index contributed by atoms with van der Waals surface area (Å²) >= 11 is 0. The summed E-state index contributed by atoms with van der Waals surface area (Å²) in [6.07, 6.45) is 2.78. The Bertz CT molecular complexity index is 730. The van der Waals surface area contributed by atoms with Crippen LogP contribution in [-0.4, -0.2) is 23.6 Å². The summed E-state index contributed by atoms with van der Waals surface area (Å²) in [4.78, 5) is 3.54. The molecule has 0 spiro atoms. The number of nitrogen functional groups attached to an aromatic ring is 1. The van der Waals surface area contributed by atoms with Crippen molar-refractivity contribution in [2.24, 2.45) is 0 Å². The molecule has 4 N–H and O–H groups in total. The fourth-order valence-electron chi connectivity index (χ4n) is 1.40. The van der Waals surface area contributed by atoms with E-state index in [0.29, 0.717) is 5.56 Å². The van der Waals surface area contributed by atoms with Crippen LogP contribution in [0.4, 0.5) is 5.82 Å². The molecule has 2 rings (SSSR count). The van der Waals surface area contributed by atoms with E-state index in [9.17, 15) is 8.42 Å². The van der Waals surface area contributed by atoms with Gasteiger partial charge in [-0.1, -0.05) is 0 Å². The summed E-state index contributed by atoms with van der Waals surface area (Å²) in [5.41, 5.74) is 5.91. The van der Waals surface area contributed by atoms with Crippen LogP contribution in [0.3, 0.4) is 0 Å². The molecular formula is C10H10N6O2S. The summed E-state index contributed by atoms with van der Waals surface area (Å²) < 4.78 is 26.4. The molecule has 2 aromatic rings. The lowest BCUT2D eigenvalue weighted by Crippen LogP contribution is -2.24. The molecule has 0 aliphatic heterocycles. The molecule has 98 valence electrons. The summed E-state index contributed by atoms with van der Waals surface area (Å²) in [7, 11) is -3.83. The van der Waals surface area contributed by atoms with Gasteiger partial charge in [0.15, 0.2) is 5.69 Å². The third-order valence-corrected chi connectivity index (χ3v) is 3.80. The number of nitrogens with two attached hydrogens (primary N) is 1. The van der Waals surface area contributed by atoms with Gasteiger partial charge >= 0.3 is 0 Å². The summed E-state index contributed by atoms with van der Waals surface area (Å²) in [5.74, 6) is 0.286. The number of anilines is 1. The van der Waals surface area contributed by atoms with Crippen molar-refractivity contribution in [1.29, 1.82) is 5.26 Å². The van der Waals surface area contributed by atoms with Crippen LogP contribution in [-0.2, 0) is 16.6 Å². The second-order valence-corrected chi connectivity index (χ2v) is 5.33. The molecule has 0 saturated heterocycles. The molecule has 0 unspecified atom stereocenters. The monoisotopic (exact) mass is 278 g/mol. The van der Waals surface area contributed by atoms with Crippen LogP contribution in [0.25, 0.3) is 0 Å². The zero-order chi connectivity index (χ0) is 13.9. The first-order valence-corrected chi connectivity index (χ1v) is 6.65. The Balaban J connectivity index is 2.24.